The molecule has 1 atom stereocenters. The van der Waals surface area contributed by atoms with E-state index in [4.69, 9.17) is 4.52 Å². The molecule has 0 aliphatic heterocycles. The fraction of sp³-hybridized carbons (Fsp3) is 0.176. The first-order valence-electron chi connectivity index (χ1n) is 7.40. The summed E-state index contributed by atoms with van der Waals surface area (Å²) in [5, 5.41) is 3.73. The third-order valence-electron chi connectivity index (χ3n) is 3.63. The van der Waals surface area contributed by atoms with E-state index in [1.165, 1.54) is 0 Å². The smallest absolute Gasteiger partial charge is 0.246 e. The van der Waals surface area contributed by atoms with Gasteiger partial charge in [-0.15, -0.1) is 0 Å². The minimum Gasteiger partial charge on any atom is -0.360 e. The van der Waals surface area contributed by atoms with Gasteiger partial charge in [-0.3, -0.25) is 4.98 Å². The monoisotopic (exact) mass is 343 g/mol. The highest BCUT2D eigenvalue weighted by atomic mass is 32.2. The zero-order valence-electron chi connectivity index (χ0n) is 13.3. The highest BCUT2D eigenvalue weighted by Crippen LogP contribution is 2.25. The molecule has 24 heavy (non-hydrogen) atoms. The molecule has 2 heterocycles. The molecule has 124 valence electrons. The van der Waals surface area contributed by atoms with Gasteiger partial charge < -0.3 is 4.52 Å². The number of nitrogens with one attached hydrogen (secondary N) is 1. The molecule has 3 aromatic rings. The van der Waals surface area contributed by atoms with Crippen molar-refractivity contribution < 1.29 is 12.9 Å². The summed E-state index contributed by atoms with van der Waals surface area (Å²) in [5.74, 6) is 0.257. The van der Waals surface area contributed by atoms with Gasteiger partial charge in [-0.1, -0.05) is 41.6 Å². The molecule has 0 spiro atoms. The minimum absolute atomic E-state index is 0.0689. The molecule has 0 radical (unpaired) electrons. The van der Waals surface area contributed by atoms with Gasteiger partial charge in [0.15, 0.2) is 5.76 Å². The predicted octanol–water partition coefficient (Wildman–Crippen LogP) is 2.75. The van der Waals surface area contributed by atoms with E-state index >= 15 is 0 Å². The Hall–Kier alpha value is -2.51. The average molecular weight is 343 g/mol. The zero-order chi connectivity index (χ0) is 17.2. The summed E-state index contributed by atoms with van der Waals surface area (Å²) in [4.78, 5) is 4.37. The summed E-state index contributed by atoms with van der Waals surface area (Å²) in [6.07, 6.45) is 1.63. The van der Waals surface area contributed by atoms with Crippen molar-refractivity contribution in [3.63, 3.8) is 0 Å². The number of aromatic nitrogens is 2. The maximum atomic E-state index is 12.9. The maximum absolute atomic E-state index is 12.9. The normalized spacial score (nSPS) is 12.9. The Morgan fingerprint density at radius 2 is 1.75 bits per heavy atom. The van der Waals surface area contributed by atoms with Crippen LogP contribution in [0.3, 0.4) is 0 Å². The molecule has 2 aromatic heterocycles. The SMILES string of the molecule is Cc1noc(C)c1S(=O)(=O)NC(c1ccccc1)c1ccccn1. The van der Waals surface area contributed by atoms with Gasteiger partial charge in [0.25, 0.3) is 0 Å². The van der Waals surface area contributed by atoms with Crippen molar-refractivity contribution in [3.8, 4) is 0 Å². The fourth-order valence-electron chi connectivity index (χ4n) is 2.56. The third kappa shape index (κ3) is 3.22. The number of benzene rings is 1. The van der Waals surface area contributed by atoms with E-state index in [2.05, 4.69) is 14.9 Å². The summed E-state index contributed by atoms with van der Waals surface area (Å²) < 4.78 is 33.4. The molecule has 1 N–H and O–H groups in total. The van der Waals surface area contributed by atoms with Crippen molar-refractivity contribution >= 4 is 10.0 Å². The predicted molar refractivity (Wildman–Crippen MR) is 88.8 cm³/mol. The van der Waals surface area contributed by atoms with Gasteiger partial charge in [0.2, 0.25) is 10.0 Å². The summed E-state index contributed by atoms with van der Waals surface area (Å²) in [5.41, 5.74) is 1.73. The molecule has 7 heteroatoms. The van der Waals surface area contributed by atoms with Crippen LogP contribution in [0.15, 0.2) is 64.1 Å². The van der Waals surface area contributed by atoms with Gasteiger partial charge in [-0.05, 0) is 31.5 Å². The molecule has 1 aromatic carbocycles. The lowest BCUT2D eigenvalue weighted by atomic mass is 10.0. The second-order valence-electron chi connectivity index (χ2n) is 5.37. The van der Waals surface area contributed by atoms with Crippen molar-refractivity contribution in [1.29, 1.82) is 0 Å². The van der Waals surface area contributed by atoms with Gasteiger partial charge in [-0.2, -0.15) is 4.72 Å². The van der Waals surface area contributed by atoms with Crippen molar-refractivity contribution in [2.45, 2.75) is 24.8 Å². The number of aryl methyl sites for hydroxylation is 2. The molecule has 1 unspecified atom stereocenters. The van der Waals surface area contributed by atoms with Crippen LogP contribution in [0.25, 0.3) is 0 Å². The van der Waals surface area contributed by atoms with Crippen LogP contribution in [0, 0.1) is 13.8 Å². The first-order valence-corrected chi connectivity index (χ1v) is 8.88. The Bertz CT molecular complexity index is 863. The number of hydrogen-bond acceptors (Lipinski definition) is 5. The summed E-state index contributed by atoms with van der Waals surface area (Å²) >= 11 is 0. The van der Waals surface area contributed by atoms with Crippen molar-refractivity contribution in [2.75, 3.05) is 0 Å². The second-order valence-corrected chi connectivity index (χ2v) is 7.02. The highest BCUT2D eigenvalue weighted by molar-refractivity contribution is 7.89. The molecular weight excluding hydrogens is 326 g/mol. The van der Waals surface area contributed by atoms with E-state index in [0.717, 1.165) is 5.56 Å². The largest absolute Gasteiger partial charge is 0.360 e. The summed E-state index contributed by atoms with van der Waals surface area (Å²) in [7, 11) is -3.82. The Balaban J connectivity index is 2.05. The van der Waals surface area contributed by atoms with E-state index in [1.807, 2.05) is 36.4 Å². The van der Waals surface area contributed by atoms with E-state index in [1.54, 1.807) is 32.2 Å². The lowest BCUT2D eigenvalue weighted by Gasteiger charge is -2.18. The van der Waals surface area contributed by atoms with E-state index in [9.17, 15) is 8.42 Å². The summed E-state index contributed by atoms with van der Waals surface area (Å²) in [6.45, 7) is 3.18. The Labute approximate surface area is 140 Å². The molecule has 0 bridgehead atoms. The van der Waals surface area contributed by atoms with Gasteiger partial charge in [0.05, 0.1) is 11.7 Å². The van der Waals surface area contributed by atoms with Crippen molar-refractivity contribution in [3.05, 3.63) is 77.4 Å². The van der Waals surface area contributed by atoms with Gasteiger partial charge in [0, 0.05) is 6.20 Å². The standard InChI is InChI=1S/C17H17N3O3S/c1-12-17(13(2)23-19-12)24(21,22)20-16(14-8-4-3-5-9-14)15-10-6-7-11-18-15/h3-11,16,20H,1-2H3. The minimum atomic E-state index is -3.82. The first-order chi connectivity index (χ1) is 11.5. The molecule has 0 aliphatic rings. The van der Waals surface area contributed by atoms with Crippen LogP contribution in [0.5, 0.6) is 0 Å². The maximum Gasteiger partial charge on any atom is 0.246 e. The Morgan fingerprint density at radius 1 is 1.04 bits per heavy atom. The van der Waals surface area contributed by atoms with Crippen LogP contribution < -0.4 is 4.72 Å². The van der Waals surface area contributed by atoms with E-state index in [0.29, 0.717) is 11.4 Å². The Kier molecular flexibility index (Phi) is 4.46. The van der Waals surface area contributed by atoms with Crippen LogP contribution >= 0.6 is 0 Å². The van der Waals surface area contributed by atoms with Crippen LogP contribution in [0.2, 0.25) is 0 Å². The van der Waals surface area contributed by atoms with Crippen molar-refractivity contribution in [1.82, 2.24) is 14.9 Å². The molecule has 3 rings (SSSR count). The zero-order valence-corrected chi connectivity index (χ0v) is 14.1. The van der Waals surface area contributed by atoms with Crippen LogP contribution in [0.1, 0.15) is 28.8 Å². The molecule has 0 fully saturated rings. The van der Waals surface area contributed by atoms with Gasteiger partial charge in [0.1, 0.15) is 10.6 Å². The third-order valence-corrected chi connectivity index (χ3v) is 5.29. The number of sulfonamides is 1. The fourth-order valence-corrected chi connectivity index (χ4v) is 4.09. The van der Waals surface area contributed by atoms with Crippen LogP contribution in [0.4, 0.5) is 0 Å². The van der Waals surface area contributed by atoms with E-state index in [-0.39, 0.29) is 10.7 Å². The molecule has 0 saturated heterocycles. The number of pyridine rings is 1. The topological polar surface area (TPSA) is 85.1 Å². The number of hydrogen-bond donors (Lipinski definition) is 1. The Morgan fingerprint density at radius 3 is 2.33 bits per heavy atom. The molecule has 0 amide bonds. The van der Waals surface area contributed by atoms with Gasteiger partial charge >= 0.3 is 0 Å². The lowest BCUT2D eigenvalue weighted by molar-refractivity contribution is 0.390. The molecule has 6 nitrogen and oxygen atoms in total. The molecular formula is C17H17N3O3S. The summed E-state index contributed by atoms with van der Waals surface area (Å²) in [6, 6.07) is 14.1. The number of nitrogens with zero attached hydrogens (tertiary/aromatic N) is 2. The highest BCUT2D eigenvalue weighted by Gasteiger charge is 2.29. The molecule has 0 saturated carbocycles. The van der Waals surface area contributed by atoms with Crippen LogP contribution in [-0.2, 0) is 10.0 Å². The lowest BCUT2D eigenvalue weighted by Crippen LogP contribution is -2.30. The quantitative estimate of drug-likeness (QED) is 0.770. The molecule has 0 aliphatic carbocycles. The van der Waals surface area contributed by atoms with Gasteiger partial charge in [-0.25, -0.2) is 8.42 Å². The average Bonchev–Trinajstić information content (AvgIpc) is 2.94. The van der Waals surface area contributed by atoms with Crippen molar-refractivity contribution in [2.24, 2.45) is 0 Å². The van der Waals surface area contributed by atoms with E-state index < -0.39 is 16.1 Å². The van der Waals surface area contributed by atoms with Crippen LogP contribution in [-0.4, -0.2) is 18.6 Å². The number of rotatable bonds is 5. The first kappa shape index (κ1) is 16.4. The second kappa shape index (κ2) is 6.54.